The minimum atomic E-state index is -0.303. The van der Waals surface area contributed by atoms with E-state index in [-0.39, 0.29) is 77.1 Å². The molecule has 2 radical (unpaired) electrons. The van der Waals surface area contributed by atoms with E-state index in [1.807, 2.05) is 0 Å². The molecule has 2 aromatic carbocycles. The first-order chi connectivity index (χ1) is 8.84. The summed E-state index contributed by atoms with van der Waals surface area (Å²) in [5.74, 6) is -0.560. The van der Waals surface area contributed by atoms with E-state index < -0.39 is 0 Å². The van der Waals surface area contributed by atoms with Crippen LogP contribution in [0.25, 0.3) is 0 Å². The smallest absolute Gasteiger partial charge is 0.0159 e. The molecule has 2 rings (SSSR count). The van der Waals surface area contributed by atoms with E-state index in [1.54, 1.807) is 32.9 Å². The van der Waals surface area contributed by atoms with Crippen molar-refractivity contribution in [2.24, 2.45) is 0 Å². The summed E-state index contributed by atoms with van der Waals surface area (Å²) in [6, 6.07) is 9.65. The molecule has 6 heteroatoms. The Kier molecular flexibility index (Phi) is 13.4. The van der Waals surface area contributed by atoms with Crippen LogP contribution in [-0.2, 0) is 65.4 Å². The number of benzene rings is 2. The summed E-state index contributed by atoms with van der Waals surface area (Å²) in [7, 11) is 0. The normalized spacial score (nSPS) is 8.90. The van der Waals surface area contributed by atoms with E-state index in [1.165, 1.54) is 6.07 Å². The Hall–Kier alpha value is 1.09. The van der Waals surface area contributed by atoms with Gasteiger partial charge < -0.3 is 0 Å². The fourth-order valence-corrected chi connectivity index (χ4v) is 1.54. The van der Waals surface area contributed by atoms with Crippen LogP contribution in [-0.4, -0.2) is 0 Å². The van der Waals surface area contributed by atoms with Crippen LogP contribution in [0, 0.1) is 44.5 Å². The van der Waals surface area contributed by atoms with Gasteiger partial charge in [-0.25, -0.2) is 0 Å². The maximum Gasteiger partial charge on any atom is 0.0159 e. The summed E-state index contributed by atoms with van der Waals surface area (Å²) < 4.78 is 25.3. The van der Waals surface area contributed by atoms with Crippen LogP contribution in [0.3, 0.4) is 0 Å². The van der Waals surface area contributed by atoms with Crippen LogP contribution < -0.4 is 0 Å². The topological polar surface area (TPSA) is 0 Å². The van der Waals surface area contributed by atoms with Crippen LogP contribution in [0.5, 0.6) is 0 Å². The number of hydrogen-bond donors (Lipinski definition) is 0. The first-order valence-corrected chi connectivity index (χ1v) is 6.24. The van der Waals surface area contributed by atoms with Gasteiger partial charge in [0.05, 0.1) is 0 Å². The van der Waals surface area contributed by atoms with Crippen molar-refractivity contribution in [1.82, 2.24) is 0 Å². The second-order valence-corrected chi connectivity index (χ2v) is 4.79. The molecule has 0 aliphatic heterocycles. The zero-order valence-corrected chi connectivity index (χ0v) is 19.1. The zero-order chi connectivity index (χ0) is 14.6. The van der Waals surface area contributed by atoms with Gasteiger partial charge in [-0.3, -0.25) is 8.78 Å². The Balaban J connectivity index is 0. The van der Waals surface area contributed by atoms with Crippen molar-refractivity contribution in [3.05, 3.63) is 68.7 Å². The van der Waals surface area contributed by atoms with Crippen molar-refractivity contribution in [2.45, 2.75) is 20.8 Å². The molecule has 0 N–H and O–H groups in total. The molecule has 2 aromatic rings. The number of rotatable bonds is 0. The predicted octanol–water partition coefficient (Wildman–Crippen LogP) is 5.48. The maximum absolute atomic E-state index is 12.9. The predicted molar refractivity (Wildman–Crippen MR) is 74.7 cm³/mol. The summed E-state index contributed by atoms with van der Waals surface area (Å²) in [5, 5.41) is 0.859. The van der Waals surface area contributed by atoms with Gasteiger partial charge in [-0.05, 0) is 0 Å². The van der Waals surface area contributed by atoms with Gasteiger partial charge in [0.15, 0.2) is 0 Å². The maximum atomic E-state index is 12.9. The van der Waals surface area contributed by atoms with E-state index in [0.29, 0.717) is 26.7 Å². The SMILES string of the molecule is Cc1[c-]cc(Cl)c(C)c1F.Cc1c(F)c[c-]cc1Cl.[Y].[Y]. The van der Waals surface area contributed by atoms with Crippen LogP contribution in [0.2, 0.25) is 10.0 Å². The molecule has 0 spiro atoms. The zero-order valence-electron chi connectivity index (χ0n) is 11.9. The molecule has 0 heterocycles. The molecule has 0 amide bonds. The molecular formula is C15H12Cl2F2Y2-2. The summed E-state index contributed by atoms with van der Waals surface area (Å²) in [6.45, 7) is 4.95. The molecular weight excluding hydrogens is 467 g/mol. The Morgan fingerprint density at radius 1 is 0.857 bits per heavy atom. The molecule has 0 atom stereocenters. The van der Waals surface area contributed by atoms with Crippen molar-refractivity contribution >= 4 is 23.2 Å². The van der Waals surface area contributed by atoms with Crippen LogP contribution in [0.4, 0.5) is 8.78 Å². The van der Waals surface area contributed by atoms with Crippen molar-refractivity contribution in [1.29, 1.82) is 0 Å². The molecule has 0 fully saturated rings. The molecule has 0 bridgehead atoms. The molecule has 0 saturated heterocycles. The Morgan fingerprint density at radius 3 is 1.81 bits per heavy atom. The molecule has 0 aliphatic carbocycles. The molecule has 21 heavy (non-hydrogen) atoms. The van der Waals surface area contributed by atoms with Crippen LogP contribution in [0.15, 0.2) is 18.2 Å². The van der Waals surface area contributed by atoms with Crippen LogP contribution >= 0.6 is 23.2 Å². The van der Waals surface area contributed by atoms with E-state index in [9.17, 15) is 8.78 Å². The molecule has 0 nitrogen and oxygen atoms in total. The third-order valence-corrected chi connectivity index (χ3v) is 3.35. The van der Waals surface area contributed by atoms with Gasteiger partial charge in [-0.2, -0.15) is 47.5 Å². The molecule has 0 aliphatic rings. The summed E-state index contributed by atoms with van der Waals surface area (Å²) in [6.07, 6.45) is 0. The third-order valence-electron chi connectivity index (χ3n) is 2.57. The van der Waals surface area contributed by atoms with Gasteiger partial charge in [-0.1, -0.05) is 30.8 Å². The van der Waals surface area contributed by atoms with Gasteiger partial charge >= 0.3 is 0 Å². The van der Waals surface area contributed by atoms with Gasteiger partial charge in [0, 0.05) is 77.1 Å². The first-order valence-electron chi connectivity index (χ1n) is 5.49. The average molecular weight is 479 g/mol. The Bertz CT molecular complexity index is 543. The monoisotopic (exact) mass is 478 g/mol. The van der Waals surface area contributed by atoms with Gasteiger partial charge in [-0.15, -0.1) is 22.8 Å². The van der Waals surface area contributed by atoms with E-state index in [0.717, 1.165) is 0 Å². The second kappa shape index (κ2) is 11.6. The van der Waals surface area contributed by atoms with E-state index in [2.05, 4.69) is 12.1 Å². The molecule has 108 valence electrons. The minimum absolute atomic E-state index is 0. The Morgan fingerprint density at radius 2 is 1.38 bits per heavy atom. The third kappa shape index (κ3) is 7.46. The fraction of sp³-hybridized carbons (Fsp3) is 0.200. The minimum Gasteiger partial charge on any atom is -0.284 e. The largest absolute Gasteiger partial charge is 0.284 e. The fourth-order valence-electron chi connectivity index (χ4n) is 1.25. The van der Waals surface area contributed by atoms with Crippen molar-refractivity contribution in [3.8, 4) is 0 Å². The number of halogens is 4. The summed E-state index contributed by atoms with van der Waals surface area (Å²) in [5.41, 5.74) is 1.50. The summed E-state index contributed by atoms with van der Waals surface area (Å²) in [4.78, 5) is 0. The van der Waals surface area contributed by atoms with Crippen molar-refractivity contribution in [2.75, 3.05) is 0 Å². The molecule has 0 unspecified atom stereocenters. The van der Waals surface area contributed by atoms with Gasteiger partial charge in [0.1, 0.15) is 0 Å². The van der Waals surface area contributed by atoms with Crippen molar-refractivity contribution in [3.63, 3.8) is 0 Å². The van der Waals surface area contributed by atoms with Gasteiger partial charge in [0.2, 0.25) is 0 Å². The van der Waals surface area contributed by atoms with Crippen molar-refractivity contribution < 1.29 is 74.2 Å². The summed E-state index contributed by atoms with van der Waals surface area (Å²) >= 11 is 11.2. The second-order valence-electron chi connectivity index (χ2n) is 3.98. The molecule has 0 saturated carbocycles. The van der Waals surface area contributed by atoms with Gasteiger partial charge in [0.25, 0.3) is 0 Å². The van der Waals surface area contributed by atoms with E-state index >= 15 is 0 Å². The number of hydrogen-bond acceptors (Lipinski definition) is 0. The average Bonchev–Trinajstić information content (AvgIpc) is 2.39. The quantitative estimate of drug-likeness (QED) is 0.440. The molecule has 0 aromatic heterocycles. The van der Waals surface area contributed by atoms with E-state index in [4.69, 9.17) is 23.2 Å². The van der Waals surface area contributed by atoms with Crippen LogP contribution in [0.1, 0.15) is 16.7 Å². The number of aryl methyl sites for hydroxylation is 1. The standard InChI is InChI=1S/C8H7ClF.C7H5ClF.2Y/c1-5-3-4-7(9)6(2)8(5)10;1-5-6(8)3-2-4-7(5)9;;/h4H,1-2H3;3-4H,1H3;;/q2*-1;;. The Labute approximate surface area is 184 Å². The first kappa shape index (κ1) is 24.3.